The fraction of sp³-hybridized carbons (Fsp3) is 0.320. The molecule has 3 aromatic rings. The van der Waals surface area contributed by atoms with Gasteiger partial charge in [-0.1, -0.05) is 24.3 Å². The lowest BCUT2D eigenvalue weighted by Crippen LogP contribution is -2.20. The normalized spacial score (nSPS) is 15.6. The van der Waals surface area contributed by atoms with Crippen LogP contribution in [0.4, 0.5) is 18.9 Å². The summed E-state index contributed by atoms with van der Waals surface area (Å²) in [4.78, 5) is 4.65. The topological polar surface area (TPSA) is 37.0 Å². The van der Waals surface area contributed by atoms with E-state index in [4.69, 9.17) is 0 Å². The zero-order valence-corrected chi connectivity index (χ0v) is 17.9. The fourth-order valence-electron chi connectivity index (χ4n) is 4.30. The van der Waals surface area contributed by atoms with E-state index in [1.807, 2.05) is 26.0 Å². The van der Waals surface area contributed by atoms with Crippen LogP contribution in [0.2, 0.25) is 0 Å². The van der Waals surface area contributed by atoms with Gasteiger partial charge in [0.15, 0.2) is 0 Å². The number of halogens is 3. The Kier molecular flexibility index (Phi) is 5.75. The molecule has 6 heteroatoms. The van der Waals surface area contributed by atoms with Gasteiger partial charge < -0.3 is 10.6 Å². The summed E-state index contributed by atoms with van der Waals surface area (Å²) in [6.07, 6.45) is -1.20. The van der Waals surface area contributed by atoms with E-state index < -0.39 is 11.7 Å². The monoisotopic (exact) mass is 425 g/mol. The lowest BCUT2D eigenvalue weighted by atomic mass is 9.96. The number of fused-ring (bicyclic) bond motifs is 1. The van der Waals surface area contributed by atoms with Gasteiger partial charge >= 0.3 is 6.18 Å². The second-order valence-electron chi connectivity index (χ2n) is 8.11. The van der Waals surface area contributed by atoms with E-state index in [1.54, 1.807) is 6.07 Å². The number of hydrogen-bond donors (Lipinski definition) is 2. The molecule has 0 radical (unpaired) electrons. The van der Waals surface area contributed by atoms with Gasteiger partial charge in [0.25, 0.3) is 0 Å². The number of nitrogens with one attached hydrogen (secondary N) is 2. The second-order valence-corrected chi connectivity index (χ2v) is 8.11. The minimum atomic E-state index is -4.36. The van der Waals surface area contributed by atoms with Crippen LogP contribution < -0.4 is 10.6 Å². The zero-order valence-electron chi connectivity index (χ0n) is 17.9. The number of nitrogens with zero attached hydrogens (tertiary/aromatic N) is 1. The van der Waals surface area contributed by atoms with Crippen LogP contribution in [0.1, 0.15) is 47.3 Å². The molecule has 2 heterocycles. The molecule has 1 aliphatic heterocycles. The van der Waals surface area contributed by atoms with E-state index in [0.717, 1.165) is 53.4 Å². The molecule has 1 atom stereocenters. The number of hydrogen-bond acceptors (Lipinski definition) is 3. The number of alkyl halides is 3. The van der Waals surface area contributed by atoms with E-state index >= 15 is 0 Å². The van der Waals surface area contributed by atoms with Gasteiger partial charge in [0.2, 0.25) is 0 Å². The molecule has 0 spiro atoms. The van der Waals surface area contributed by atoms with Crippen LogP contribution in [-0.4, -0.2) is 18.1 Å². The van der Waals surface area contributed by atoms with Crippen molar-refractivity contribution in [3.8, 4) is 0 Å². The molecule has 1 aromatic heterocycles. The molecule has 3 nitrogen and oxygen atoms in total. The molecule has 0 saturated heterocycles. The van der Waals surface area contributed by atoms with E-state index in [2.05, 4.69) is 33.8 Å². The highest BCUT2D eigenvalue weighted by atomic mass is 19.4. The number of anilines is 1. The standard InChI is InChI=1S/C25H26F3N3/c1-15-13-24(31-17(3)20-5-4-6-22(16(20)2)25(26,27)28)21-14-19(7-8-23(21)30-15)18-9-11-29-12-10-18/h4-9,13-14,17,29H,10-12H2,1-3H3,(H,30,31). The molecule has 0 aliphatic carbocycles. The second kappa shape index (κ2) is 8.35. The maximum absolute atomic E-state index is 13.4. The van der Waals surface area contributed by atoms with Crippen LogP contribution in [0.3, 0.4) is 0 Å². The SMILES string of the molecule is Cc1cc(NC(C)c2cccc(C(F)(F)F)c2C)c2cc(C3=CCNCC3)ccc2n1. The minimum Gasteiger partial charge on any atom is -0.378 e. The first-order chi connectivity index (χ1) is 14.7. The smallest absolute Gasteiger partial charge is 0.378 e. The molecule has 0 amide bonds. The molecule has 4 rings (SSSR count). The first-order valence-electron chi connectivity index (χ1n) is 10.5. The van der Waals surface area contributed by atoms with Crippen molar-refractivity contribution in [2.75, 3.05) is 18.4 Å². The van der Waals surface area contributed by atoms with Crippen molar-refractivity contribution in [3.63, 3.8) is 0 Å². The van der Waals surface area contributed by atoms with Gasteiger partial charge in [-0.3, -0.25) is 4.98 Å². The van der Waals surface area contributed by atoms with E-state index in [-0.39, 0.29) is 11.6 Å². The molecule has 31 heavy (non-hydrogen) atoms. The number of aromatic nitrogens is 1. The predicted molar refractivity (Wildman–Crippen MR) is 120 cm³/mol. The fourth-order valence-corrected chi connectivity index (χ4v) is 4.30. The number of rotatable bonds is 4. The van der Waals surface area contributed by atoms with E-state index in [9.17, 15) is 13.2 Å². The van der Waals surface area contributed by atoms with Crippen molar-refractivity contribution in [2.24, 2.45) is 0 Å². The van der Waals surface area contributed by atoms with Gasteiger partial charge in [-0.15, -0.1) is 0 Å². The Morgan fingerprint density at radius 1 is 1.10 bits per heavy atom. The average Bonchev–Trinajstić information content (AvgIpc) is 2.73. The van der Waals surface area contributed by atoms with Gasteiger partial charge in [0, 0.05) is 29.4 Å². The zero-order chi connectivity index (χ0) is 22.2. The molecule has 1 aliphatic rings. The third kappa shape index (κ3) is 4.44. The van der Waals surface area contributed by atoms with Gasteiger partial charge in [-0.2, -0.15) is 13.2 Å². The highest BCUT2D eigenvalue weighted by Gasteiger charge is 2.33. The third-order valence-electron chi connectivity index (χ3n) is 5.89. The Morgan fingerprint density at radius 3 is 2.61 bits per heavy atom. The van der Waals surface area contributed by atoms with Gasteiger partial charge in [0.05, 0.1) is 11.1 Å². The summed E-state index contributed by atoms with van der Waals surface area (Å²) in [6.45, 7) is 7.16. The summed E-state index contributed by atoms with van der Waals surface area (Å²) < 4.78 is 40.1. The van der Waals surface area contributed by atoms with Gasteiger partial charge in [-0.05, 0) is 80.3 Å². The maximum Gasteiger partial charge on any atom is 0.416 e. The minimum absolute atomic E-state index is 0.255. The quantitative estimate of drug-likeness (QED) is 0.506. The van der Waals surface area contributed by atoms with E-state index in [1.165, 1.54) is 18.6 Å². The summed E-state index contributed by atoms with van der Waals surface area (Å²) in [5.74, 6) is 0. The molecule has 0 saturated carbocycles. The van der Waals surface area contributed by atoms with Crippen LogP contribution in [0.5, 0.6) is 0 Å². The number of pyridine rings is 1. The highest BCUT2D eigenvalue weighted by Crippen LogP contribution is 2.36. The van der Waals surface area contributed by atoms with Crippen molar-refractivity contribution in [1.29, 1.82) is 0 Å². The summed E-state index contributed by atoms with van der Waals surface area (Å²) in [7, 11) is 0. The van der Waals surface area contributed by atoms with Crippen LogP contribution in [-0.2, 0) is 6.18 Å². The first kappa shape index (κ1) is 21.4. The Labute approximate surface area is 180 Å². The van der Waals surface area contributed by atoms with Gasteiger partial charge in [-0.25, -0.2) is 0 Å². The summed E-state index contributed by atoms with van der Waals surface area (Å²) in [6, 6.07) is 12.3. The highest BCUT2D eigenvalue weighted by molar-refractivity contribution is 5.94. The largest absolute Gasteiger partial charge is 0.416 e. The van der Waals surface area contributed by atoms with Crippen LogP contribution in [0.15, 0.2) is 48.5 Å². The Bertz CT molecular complexity index is 1150. The van der Waals surface area contributed by atoms with Gasteiger partial charge in [0.1, 0.15) is 0 Å². The molecule has 2 aromatic carbocycles. The number of aryl methyl sites for hydroxylation is 1. The van der Waals surface area contributed by atoms with Crippen molar-refractivity contribution < 1.29 is 13.2 Å². The van der Waals surface area contributed by atoms with Crippen molar-refractivity contribution in [1.82, 2.24) is 10.3 Å². The molecule has 1 unspecified atom stereocenters. The molecule has 0 fully saturated rings. The van der Waals surface area contributed by atoms with Crippen LogP contribution in [0, 0.1) is 13.8 Å². The van der Waals surface area contributed by atoms with Crippen molar-refractivity contribution in [2.45, 2.75) is 39.4 Å². The first-order valence-corrected chi connectivity index (χ1v) is 10.5. The predicted octanol–water partition coefficient (Wildman–Crippen LogP) is 6.42. The molecular formula is C25H26F3N3. The number of benzene rings is 2. The van der Waals surface area contributed by atoms with E-state index in [0.29, 0.717) is 5.56 Å². The average molecular weight is 425 g/mol. The Morgan fingerprint density at radius 2 is 1.90 bits per heavy atom. The van der Waals surface area contributed by atoms with Crippen molar-refractivity contribution >= 4 is 22.2 Å². The third-order valence-corrected chi connectivity index (χ3v) is 5.89. The summed E-state index contributed by atoms with van der Waals surface area (Å²) in [5.41, 5.74) is 5.36. The molecule has 162 valence electrons. The summed E-state index contributed by atoms with van der Waals surface area (Å²) >= 11 is 0. The Balaban J connectivity index is 1.73. The Hall–Kier alpha value is -2.86. The molecule has 0 bridgehead atoms. The van der Waals surface area contributed by atoms with Crippen molar-refractivity contribution in [3.05, 3.63) is 76.5 Å². The lowest BCUT2D eigenvalue weighted by Gasteiger charge is -2.22. The summed E-state index contributed by atoms with van der Waals surface area (Å²) in [5, 5.41) is 7.75. The molecular weight excluding hydrogens is 399 g/mol. The van der Waals surface area contributed by atoms with Crippen LogP contribution >= 0.6 is 0 Å². The lowest BCUT2D eigenvalue weighted by molar-refractivity contribution is -0.138. The molecule has 2 N–H and O–H groups in total. The van der Waals surface area contributed by atoms with Crippen LogP contribution in [0.25, 0.3) is 16.5 Å². The maximum atomic E-state index is 13.4.